The van der Waals surface area contributed by atoms with Crippen LogP contribution in [0.15, 0.2) is 36.4 Å². The van der Waals surface area contributed by atoms with E-state index in [-0.39, 0.29) is 17.9 Å². The van der Waals surface area contributed by atoms with Gasteiger partial charge in [-0.25, -0.2) is 8.78 Å². The summed E-state index contributed by atoms with van der Waals surface area (Å²) in [7, 11) is 0. The summed E-state index contributed by atoms with van der Waals surface area (Å²) in [5.74, 6) is -3.04. The average Bonchev–Trinajstić information content (AvgIpc) is 2.72. The summed E-state index contributed by atoms with van der Waals surface area (Å²) in [5.41, 5.74) is -2.61. The largest absolute Gasteiger partial charge is 0.429 e. The van der Waals surface area contributed by atoms with E-state index in [1.54, 1.807) is 12.1 Å². The van der Waals surface area contributed by atoms with Crippen LogP contribution in [0, 0.1) is 23.5 Å². The second kappa shape index (κ2) is 9.71. The molecule has 176 valence electrons. The molecule has 2 aromatic rings. The van der Waals surface area contributed by atoms with Crippen molar-refractivity contribution in [3.63, 3.8) is 0 Å². The van der Waals surface area contributed by atoms with Crippen molar-refractivity contribution in [3.8, 4) is 5.75 Å². The van der Waals surface area contributed by atoms with E-state index in [9.17, 15) is 30.7 Å². The molecular weight excluding hydrogens is 437 g/mol. The molecule has 3 rings (SSSR count). The number of ether oxygens (including phenoxy) is 1. The summed E-state index contributed by atoms with van der Waals surface area (Å²) in [6.45, 7) is 2.21. The monoisotopic (exact) mass is 462 g/mol. The molecule has 1 aliphatic rings. The van der Waals surface area contributed by atoms with E-state index >= 15 is 0 Å². The molecule has 0 bridgehead atoms. The molecular formula is C24H25F7O. The Bertz CT molecular complexity index is 875. The Balaban J connectivity index is 1.62. The van der Waals surface area contributed by atoms with Gasteiger partial charge in [-0.15, -0.1) is 0 Å². The third kappa shape index (κ3) is 5.95. The molecule has 0 N–H and O–H groups in total. The molecule has 0 amide bonds. The van der Waals surface area contributed by atoms with Gasteiger partial charge in [-0.05, 0) is 54.5 Å². The Labute approximate surface area is 182 Å². The van der Waals surface area contributed by atoms with Gasteiger partial charge in [0.15, 0.2) is 0 Å². The molecule has 0 saturated heterocycles. The standard InChI is InChI=1S/C24H25F7O/c1-2-15-3-5-16(6-4-15)7-8-17-9-11-19(12-10-17)32-24(30,31)18-13-20(25)22(21(26)14-18)23(27,28)29/h9-16H,2-8H2,1H3. The van der Waals surface area contributed by atoms with E-state index in [0.717, 1.165) is 24.3 Å². The Hall–Kier alpha value is -2.25. The fourth-order valence-electron chi connectivity index (χ4n) is 4.24. The summed E-state index contributed by atoms with van der Waals surface area (Å²) in [5, 5.41) is 0. The molecule has 0 aromatic heterocycles. The Morgan fingerprint density at radius 2 is 1.38 bits per heavy atom. The van der Waals surface area contributed by atoms with E-state index in [0.29, 0.717) is 5.92 Å². The first kappa shape index (κ1) is 24.4. The van der Waals surface area contributed by atoms with Gasteiger partial charge in [-0.2, -0.15) is 22.0 Å². The van der Waals surface area contributed by atoms with Gasteiger partial charge in [-0.3, -0.25) is 0 Å². The van der Waals surface area contributed by atoms with Crippen LogP contribution < -0.4 is 4.74 Å². The minimum absolute atomic E-state index is 0.0620. The lowest BCUT2D eigenvalue weighted by Gasteiger charge is -2.27. The van der Waals surface area contributed by atoms with Crippen molar-refractivity contribution in [1.82, 2.24) is 0 Å². The fourth-order valence-corrected chi connectivity index (χ4v) is 4.24. The zero-order chi connectivity index (χ0) is 23.5. The van der Waals surface area contributed by atoms with Crippen LogP contribution in [0.3, 0.4) is 0 Å². The summed E-state index contributed by atoms with van der Waals surface area (Å²) in [6, 6.07) is 5.77. The van der Waals surface area contributed by atoms with Gasteiger partial charge in [0.1, 0.15) is 22.9 Å². The lowest BCUT2D eigenvalue weighted by atomic mass is 9.78. The van der Waals surface area contributed by atoms with E-state index in [4.69, 9.17) is 0 Å². The van der Waals surface area contributed by atoms with Crippen molar-refractivity contribution in [2.75, 3.05) is 0 Å². The molecule has 0 heterocycles. The highest BCUT2D eigenvalue weighted by Gasteiger charge is 2.42. The molecule has 1 aliphatic carbocycles. The third-order valence-corrected chi connectivity index (χ3v) is 6.22. The summed E-state index contributed by atoms with van der Waals surface area (Å²) in [6.07, 6.45) is -1.64. The molecule has 1 saturated carbocycles. The maximum absolute atomic E-state index is 14.3. The normalized spacial score (nSPS) is 19.8. The fraction of sp³-hybridized carbons (Fsp3) is 0.500. The number of aryl methyl sites for hydroxylation is 1. The third-order valence-electron chi connectivity index (χ3n) is 6.22. The van der Waals surface area contributed by atoms with Crippen molar-refractivity contribution in [1.29, 1.82) is 0 Å². The van der Waals surface area contributed by atoms with Gasteiger partial charge in [-0.1, -0.05) is 51.2 Å². The van der Waals surface area contributed by atoms with Crippen molar-refractivity contribution >= 4 is 0 Å². The van der Waals surface area contributed by atoms with E-state index in [1.165, 1.54) is 44.2 Å². The number of halogens is 7. The van der Waals surface area contributed by atoms with Crippen LogP contribution >= 0.6 is 0 Å². The predicted octanol–water partition coefficient (Wildman–Crippen LogP) is 8.26. The smallest absolute Gasteiger partial charge is 0.426 e. The van der Waals surface area contributed by atoms with Crippen molar-refractivity contribution in [3.05, 3.63) is 64.7 Å². The van der Waals surface area contributed by atoms with Crippen LogP contribution in [-0.4, -0.2) is 0 Å². The molecule has 1 fully saturated rings. The van der Waals surface area contributed by atoms with Gasteiger partial charge in [0, 0.05) is 0 Å². The highest BCUT2D eigenvalue weighted by molar-refractivity contribution is 5.32. The van der Waals surface area contributed by atoms with Gasteiger partial charge >= 0.3 is 12.3 Å². The van der Waals surface area contributed by atoms with Crippen molar-refractivity contribution < 1.29 is 35.5 Å². The predicted molar refractivity (Wildman–Crippen MR) is 106 cm³/mol. The topological polar surface area (TPSA) is 9.23 Å². The molecule has 8 heteroatoms. The highest BCUT2D eigenvalue weighted by Crippen LogP contribution is 2.38. The Morgan fingerprint density at radius 3 is 1.88 bits per heavy atom. The summed E-state index contributed by atoms with van der Waals surface area (Å²) < 4.78 is 98.5. The molecule has 1 nitrogen and oxygen atoms in total. The van der Waals surface area contributed by atoms with Crippen molar-refractivity contribution in [2.24, 2.45) is 11.8 Å². The van der Waals surface area contributed by atoms with Crippen LogP contribution in [0.1, 0.15) is 62.1 Å². The first-order valence-corrected chi connectivity index (χ1v) is 10.7. The Morgan fingerprint density at radius 1 is 0.844 bits per heavy atom. The first-order valence-electron chi connectivity index (χ1n) is 10.7. The van der Waals surface area contributed by atoms with E-state index < -0.39 is 35.0 Å². The lowest BCUT2D eigenvalue weighted by Crippen LogP contribution is -2.23. The maximum Gasteiger partial charge on any atom is 0.426 e. The molecule has 0 atom stereocenters. The Kier molecular flexibility index (Phi) is 7.40. The molecule has 32 heavy (non-hydrogen) atoms. The number of hydrogen-bond donors (Lipinski definition) is 0. The van der Waals surface area contributed by atoms with Crippen molar-refractivity contribution in [2.45, 2.75) is 64.2 Å². The SMILES string of the molecule is CCC1CCC(CCc2ccc(OC(F)(F)c3cc(F)c(C(F)(F)F)c(F)c3)cc2)CC1. The van der Waals surface area contributed by atoms with Gasteiger partial charge < -0.3 is 4.74 Å². The molecule has 0 spiro atoms. The first-order chi connectivity index (χ1) is 15.0. The van der Waals surface area contributed by atoms with Crippen LogP contribution in [0.5, 0.6) is 5.75 Å². The summed E-state index contributed by atoms with van der Waals surface area (Å²) in [4.78, 5) is 0. The molecule has 2 aromatic carbocycles. The van der Waals surface area contributed by atoms with E-state index in [1.807, 2.05) is 0 Å². The minimum Gasteiger partial charge on any atom is -0.429 e. The number of alkyl halides is 5. The van der Waals surface area contributed by atoms with Crippen LogP contribution in [0.4, 0.5) is 30.7 Å². The zero-order valence-electron chi connectivity index (χ0n) is 17.6. The highest BCUT2D eigenvalue weighted by atomic mass is 19.4. The zero-order valence-corrected chi connectivity index (χ0v) is 17.6. The average molecular weight is 462 g/mol. The minimum atomic E-state index is -5.34. The second-order valence-corrected chi connectivity index (χ2v) is 8.41. The summed E-state index contributed by atoms with van der Waals surface area (Å²) >= 11 is 0. The number of hydrogen-bond acceptors (Lipinski definition) is 1. The maximum atomic E-state index is 14.3. The van der Waals surface area contributed by atoms with Gasteiger partial charge in [0.2, 0.25) is 0 Å². The van der Waals surface area contributed by atoms with Crippen LogP contribution in [0.25, 0.3) is 0 Å². The van der Waals surface area contributed by atoms with Gasteiger partial charge in [0.25, 0.3) is 0 Å². The van der Waals surface area contributed by atoms with E-state index in [2.05, 4.69) is 11.7 Å². The van der Waals surface area contributed by atoms with Crippen LogP contribution in [-0.2, 0) is 18.7 Å². The molecule has 0 aliphatic heterocycles. The quantitative estimate of drug-likeness (QED) is 0.376. The lowest BCUT2D eigenvalue weighted by molar-refractivity contribution is -0.186. The molecule has 0 radical (unpaired) electrons. The van der Waals surface area contributed by atoms with Crippen LogP contribution in [0.2, 0.25) is 0 Å². The second-order valence-electron chi connectivity index (χ2n) is 8.41. The van der Waals surface area contributed by atoms with Gasteiger partial charge in [0.05, 0.1) is 5.56 Å². The number of rotatable bonds is 7. The number of benzene rings is 2. The molecule has 0 unspecified atom stereocenters.